The standard InChI is InChI=1S/C13H19F2N/c1-5-13(16-8(2)3)10-6-9(4)11(14)7-12(10)15/h6-8,13,16H,5H2,1-4H3. The summed E-state index contributed by atoms with van der Waals surface area (Å²) < 4.78 is 26.8. The number of benzene rings is 1. The maximum absolute atomic E-state index is 13.6. The zero-order valence-electron chi connectivity index (χ0n) is 10.3. The van der Waals surface area contributed by atoms with Gasteiger partial charge in [0.2, 0.25) is 0 Å². The van der Waals surface area contributed by atoms with E-state index in [4.69, 9.17) is 0 Å². The molecule has 0 aromatic heterocycles. The van der Waals surface area contributed by atoms with Gasteiger partial charge in [0.05, 0.1) is 0 Å². The van der Waals surface area contributed by atoms with Gasteiger partial charge in [0.25, 0.3) is 0 Å². The van der Waals surface area contributed by atoms with Gasteiger partial charge in [-0.2, -0.15) is 0 Å². The number of halogens is 2. The molecule has 3 heteroatoms. The largest absolute Gasteiger partial charge is 0.308 e. The average molecular weight is 227 g/mol. The molecule has 1 aromatic rings. The molecule has 0 amide bonds. The number of hydrogen-bond acceptors (Lipinski definition) is 1. The first kappa shape index (κ1) is 13.1. The van der Waals surface area contributed by atoms with Crippen molar-refractivity contribution in [2.75, 3.05) is 0 Å². The van der Waals surface area contributed by atoms with Crippen LogP contribution in [-0.4, -0.2) is 6.04 Å². The van der Waals surface area contributed by atoms with Crippen LogP contribution in [0.2, 0.25) is 0 Å². The molecule has 0 saturated heterocycles. The van der Waals surface area contributed by atoms with Gasteiger partial charge in [0.15, 0.2) is 0 Å². The van der Waals surface area contributed by atoms with E-state index >= 15 is 0 Å². The smallest absolute Gasteiger partial charge is 0.130 e. The van der Waals surface area contributed by atoms with Gasteiger partial charge >= 0.3 is 0 Å². The van der Waals surface area contributed by atoms with Crippen molar-refractivity contribution in [2.24, 2.45) is 0 Å². The Morgan fingerprint density at radius 1 is 1.19 bits per heavy atom. The molecule has 0 saturated carbocycles. The van der Waals surface area contributed by atoms with Crippen LogP contribution in [0.3, 0.4) is 0 Å². The predicted octanol–water partition coefficient (Wildman–Crippen LogP) is 3.72. The topological polar surface area (TPSA) is 12.0 Å². The lowest BCUT2D eigenvalue weighted by Crippen LogP contribution is -2.28. The molecule has 0 bridgehead atoms. The van der Waals surface area contributed by atoms with E-state index in [2.05, 4.69) is 5.32 Å². The summed E-state index contributed by atoms with van der Waals surface area (Å²) in [5.74, 6) is -0.955. The minimum atomic E-state index is -0.486. The monoisotopic (exact) mass is 227 g/mol. The summed E-state index contributed by atoms with van der Waals surface area (Å²) >= 11 is 0. The lowest BCUT2D eigenvalue weighted by molar-refractivity contribution is 0.444. The van der Waals surface area contributed by atoms with Crippen molar-refractivity contribution in [3.05, 3.63) is 34.9 Å². The third-order valence-electron chi connectivity index (χ3n) is 2.60. The first-order valence-electron chi connectivity index (χ1n) is 5.67. The lowest BCUT2D eigenvalue weighted by atomic mass is 10.0. The van der Waals surface area contributed by atoms with Crippen LogP contribution < -0.4 is 5.32 Å². The average Bonchev–Trinajstić information content (AvgIpc) is 2.20. The van der Waals surface area contributed by atoms with Crippen molar-refractivity contribution in [3.63, 3.8) is 0 Å². The fourth-order valence-corrected chi connectivity index (χ4v) is 1.78. The summed E-state index contributed by atoms with van der Waals surface area (Å²) in [6.45, 7) is 7.66. The molecule has 0 aliphatic rings. The first-order valence-corrected chi connectivity index (χ1v) is 5.67. The summed E-state index contributed by atoms with van der Waals surface area (Å²) in [5, 5.41) is 3.27. The lowest BCUT2D eigenvalue weighted by Gasteiger charge is -2.21. The van der Waals surface area contributed by atoms with Crippen LogP contribution in [0.4, 0.5) is 8.78 Å². The molecule has 0 aliphatic heterocycles. The highest BCUT2D eigenvalue weighted by molar-refractivity contribution is 5.28. The van der Waals surface area contributed by atoms with Gasteiger partial charge in [-0.05, 0) is 25.0 Å². The number of rotatable bonds is 4. The maximum atomic E-state index is 13.6. The highest BCUT2D eigenvalue weighted by atomic mass is 19.1. The summed E-state index contributed by atoms with van der Waals surface area (Å²) in [6.07, 6.45) is 0.778. The van der Waals surface area contributed by atoms with Gasteiger partial charge in [-0.15, -0.1) is 0 Å². The van der Waals surface area contributed by atoms with Gasteiger partial charge in [0, 0.05) is 23.7 Å². The summed E-state index contributed by atoms with van der Waals surface area (Å²) in [5.41, 5.74) is 1.04. The van der Waals surface area contributed by atoms with Crippen LogP contribution in [0.25, 0.3) is 0 Å². The van der Waals surface area contributed by atoms with E-state index in [0.717, 1.165) is 12.5 Å². The molecule has 16 heavy (non-hydrogen) atoms. The molecular formula is C13H19F2N. The Hall–Kier alpha value is -0.960. The Balaban J connectivity index is 3.05. The second-order valence-corrected chi connectivity index (χ2v) is 4.41. The Bertz CT molecular complexity index is 361. The van der Waals surface area contributed by atoms with Crippen molar-refractivity contribution < 1.29 is 8.78 Å². The van der Waals surface area contributed by atoms with Gasteiger partial charge < -0.3 is 5.32 Å². The Kier molecular flexibility index (Phi) is 4.42. The Labute approximate surface area is 95.9 Å². The van der Waals surface area contributed by atoms with Crippen molar-refractivity contribution in [1.29, 1.82) is 0 Å². The van der Waals surface area contributed by atoms with Crippen LogP contribution in [-0.2, 0) is 0 Å². The maximum Gasteiger partial charge on any atom is 0.130 e. The zero-order valence-corrected chi connectivity index (χ0v) is 10.3. The third kappa shape index (κ3) is 3.01. The Morgan fingerprint density at radius 2 is 1.81 bits per heavy atom. The van der Waals surface area contributed by atoms with Gasteiger partial charge in [-0.25, -0.2) is 8.78 Å². The van der Waals surface area contributed by atoms with E-state index in [1.807, 2.05) is 20.8 Å². The molecule has 1 unspecified atom stereocenters. The van der Waals surface area contributed by atoms with Crippen LogP contribution in [0.5, 0.6) is 0 Å². The quantitative estimate of drug-likeness (QED) is 0.826. The van der Waals surface area contributed by atoms with Gasteiger partial charge in [-0.3, -0.25) is 0 Å². The fraction of sp³-hybridized carbons (Fsp3) is 0.538. The molecular weight excluding hydrogens is 208 g/mol. The molecule has 1 aromatic carbocycles. The number of aryl methyl sites for hydroxylation is 1. The molecule has 1 rings (SSSR count). The summed E-state index contributed by atoms with van der Waals surface area (Å²) in [6, 6.07) is 2.78. The Morgan fingerprint density at radius 3 is 2.31 bits per heavy atom. The molecule has 1 N–H and O–H groups in total. The minimum absolute atomic E-state index is 0.0562. The van der Waals surface area contributed by atoms with E-state index in [0.29, 0.717) is 11.1 Å². The molecule has 0 radical (unpaired) electrons. The number of hydrogen-bond donors (Lipinski definition) is 1. The highest BCUT2D eigenvalue weighted by Crippen LogP contribution is 2.23. The minimum Gasteiger partial charge on any atom is -0.308 e. The van der Waals surface area contributed by atoms with Crippen molar-refractivity contribution >= 4 is 0 Å². The van der Waals surface area contributed by atoms with E-state index in [-0.39, 0.29) is 12.1 Å². The van der Waals surface area contributed by atoms with E-state index < -0.39 is 11.6 Å². The molecule has 0 spiro atoms. The van der Waals surface area contributed by atoms with Crippen molar-refractivity contribution in [2.45, 2.75) is 46.2 Å². The van der Waals surface area contributed by atoms with Crippen LogP contribution >= 0.6 is 0 Å². The SMILES string of the molecule is CCC(NC(C)C)c1cc(C)c(F)cc1F. The van der Waals surface area contributed by atoms with Crippen LogP contribution in [0.1, 0.15) is 44.4 Å². The molecule has 1 nitrogen and oxygen atoms in total. The molecule has 0 aliphatic carbocycles. The van der Waals surface area contributed by atoms with Crippen LogP contribution in [0, 0.1) is 18.6 Å². The first-order chi connectivity index (χ1) is 7.45. The molecule has 1 atom stereocenters. The molecule has 0 heterocycles. The van der Waals surface area contributed by atoms with Crippen LogP contribution in [0.15, 0.2) is 12.1 Å². The number of nitrogens with one attached hydrogen (secondary N) is 1. The summed E-state index contributed by atoms with van der Waals surface area (Å²) in [4.78, 5) is 0. The van der Waals surface area contributed by atoms with Gasteiger partial charge in [0.1, 0.15) is 11.6 Å². The third-order valence-corrected chi connectivity index (χ3v) is 2.60. The second kappa shape index (κ2) is 5.39. The van der Waals surface area contributed by atoms with E-state index in [1.54, 1.807) is 13.0 Å². The van der Waals surface area contributed by atoms with Crippen molar-refractivity contribution in [3.8, 4) is 0 Å². The normalized spacial score (nSPS) is 13.2. The van der Waals surface area contributed by atoms with E-state index in [1.165, 1.54) is 0 Å². The van der Waals surface area contributed by atoms with Gasteiger partial charge in [-0.1, -0.05) is 20.8 Å². The summed E-state index contributed by atoms with van der Waals surface area (Å²) in [7, 11) is 0. The van der Waals surface area contributed by atoms with Crippen molar-refractivity contribution in [1.82, 2.24) is 5.32 Å². The molecule has 90 valence electrons. The second-order valence-electron chi connectivity index (χ2n) is 4.41. The fourth-order valence-electron chi connectivity index (χ4n) is 1.78. The predicted molar refractivity (Wildman–Crippen MR) is 62.4 cm³/mol. The highest BCUT2D eigenvalue weighted by Gasteiger charge is 2.16. The van der Waals surface area contributed by atoms with E-state index in [9.17, 15) is 8.78 Å². The molecule has 0 fully saturated rings. The zero-order chi connectivity index (χ0) is 12.3.